The number of fused-ring (bicyclic) bond motifs is 1. The lowest BCUT2D eigenvalue weighted by atomic mass is 9.99. The zero-order valence-electron chi connectivity index (χ0n) is 25.2. The van der Waals surface area contributed by atoms with Crippen LogP contribution in [0, 0.1) is 0 Å². The highest BCUT2D eigenvalue weighted by atomic mass is 35.5. The minimum atomic E-state index is -4.86. The van der Waals surface area contributed by atoms with Gasteiger partial charge in [0.2, 0.25) is 5.91 Å². The number of likely N-dealkylation sites (tertiary alicyclic amines) is 2. The van der Waals surface area contributed by atoms with E-state index in [1.165, 1.54) is 6.07 Å². The Morgan fingerprint density at radius 1 is 1.07 bits per heavy atom. The van der Waals surface area contributed by atoms with Crippen LogP contribution in [0.2, 0.25) is 5.02 Å². The van der Waals surface area contributed by atoms with E-state index in [0.29, 0.717) is 51.6 Å². The molecular formula is C31H38ClF3N6O4. The number of nitrogens with one attached hydrogen (secondary N) is 2. The lowest BCUT2D eigenvalue weighted by Crippen LogP contribution is -2.57. The normalized spacial score (nSPS) is 18.9. The fourth-order valence-corrected chi connectivity index (χ4v) is 6.63. The molecule has 2 aromatic rings. The molecule has 14 heteroatoms. The maximum Gasteiger partial charge on any atom is 0.420 e. The average molecular weight is 651 g/mol. The van der Waals surface area contributed by atoms with E-state index in [0.717, 1.165) is 30.2 Å². The molecule has 2 aromatic carbocycles. The van der Waals surface area contributed by atoms with Gasteiger partial charge in [0.1, 0.15) is 11.8 Å². The van der Waals surface area contributed by atoms with Crippen molar-refractivity contribution in [3.05, 3.63) is 58.1 Å². The van der Waals surface area contributed by atoms with E-state index in [2.05, 4.69) is 15.5 Å². The van der Waals surface area contributed by atoms with Crippen LogP contribution in [-0.4, -0.2) is 101 Å². The van der Waals surface area contributed by atoms with E-state index in [1.54, 1.807) is 14.7 Å². The van der Waals surface area contributed by atoms with Crippen LogP contribution < -0.4 is 10.6 Å². The molecule has 3 N–H and O–H groups in total. The number of amides is 5. The number of halogens is 4. The number of hydrogen-bond donors (Lipinski definition) is 3. The molecule has 1 atom stereocenters. The molecule has 5 rings (SSSR count). The highest BCUT2D eigenvalue weighted by Crippen LogP contribution is 2.40. The molecule has 3 aliphatic rings. The minimum absolute atomic E-state index is 0.0575. The Balaban J connectivity index is 1.28. The van der Waals surface area contributed by atoms with Crippen molar-refractivity contribution in [2.45, 2.75) is 63.0 Å². The Kier molecular flexibility index (Phi) is 9.68. The third kappa shape index (κ3) is 7.41. The van der Waals surface area contributed by atoms with Gasteiger partial charge in [-0.25, -0.2) is 9.59 Å². The van der Waals surface area contributed by atoms with Gasteiger partial charge in [-0.3, -0.25) is 4.79 Å². The van der Waals surface area contributed by atoms with Crippen LogP contribution in [-0.2, 0) is 23.9 Å². The Labute approximate surface area is 265 Å². The number of phenols is 1. The van der Waals surface area contributed by atoms with Crippen molar-refractivity contribution in [2.24, 2.45) is 0 Å². The van der Waals surface area contributed by atoms with Crippen molar-refractivity contribution in [3.63, 3.8) is 0 Å². The van der Waals surface area contributed by atoms with Gasteiger partial charge < -0.3 is 35.3 Å². The van der Waals surface area contributed by atoms with Crippen LogP contribution in [0.4, 0.5) is 28.4 Å². The Morgan fingerprint density at radius 2 is 1.71 bits per heavy atom. The molecule has 0 bridgehead atoms. The number of piperidine rings is 2. The fraction of sp³-hybridized carbons (Fsp3) is 0.516. The van der Waals surface area contributed by atoms with Crippen molar-refractivity contribution >= 4 is 35.3 Å². The lowest BCUT2D eigenvalue weighted by molar-refractivity contribution is -0.138. The summed E-state index contributed by atoms with van der Waals surface area (Å²) in [5.74, 6) is -1.48. The molecule has 10 nitrogen and oxygen atoms in total. The highest BCUT2D eigenvalue weighted by molar-refractivity contribution is 6.32. The van der Waals surface area contributed by atoms with Crippen LogP contribution in [0.5, 0.6) is 5.75 Å². The number of anilines is 1. The Hall–Kier alpha value is -3.71. The number of phenolic OH excluding ortho intramolecular Hbond substituents is 1. The summed E-state index contributed by atoms with van der Waals surface area (Å²) < 4.78 is 40.8. The van der Waals surface area contributed by atoms with E-state index >= 15 is 0 Å². The molecule has 2 saturated heterocycles. The summed E-state index contributed by atoms with van der Waals surface area (Å²) in [6, 6.07) is 7.90. The second-order valence-corrected chi connectivity index (χ2v) is 12.5. The first-order valence-electron chi connectivity index (χ1n) is 15.1. The first-order chi connectivity index (χ1) is 21.3. The van der Waals surface area contributed by atoms with Gasteiger partial charge in [-0.2, -0.15) is 13.2 Å². The summed E-state index contributed by atoms with van der Waals surface area (Å²) in [5, 5.41) is 15.1. The van der Waals surface area contributed by atoms with Crippen LogP contribution >= 0.6 is 11.6 Å². The number of urea groups is 2. The van der Waals surface area contributed by atoms with Crippen molar-refractivity contribution in [2.75, 3.05) is 45.6 Å². The number of aromatic hydroxyl groups is 1. The molecule has 5 amide bonds. The SMILES string of the molecule is CN(C)C1CCN(C(=O)C(Cc2cc(Cl)c(O)c(C(F)(F)F)c2)NC(=O)N2CCC(N3Cc4ccccc4NC3=O)CC2)CC1. The van der Waals surface area contributed by atoms with Gasteiger partial charge >= 0.3 is 18.2 Å². The number of benzene rings is 2. The van der Waals surface area contributed by atoms with Crippen molar-refractivity contribution in [1.82, 2.24) is 24.9 Å². The average Bonchev–Trinajstić information content (AvgIpc) is 3.01. The number of hydrogen-bond acceptors (Lipinski definition) is 5. The lowest BCUT2D eigenvalue weighted by Gasteiger charge is -2.41. The van der Waals surface area contributed by atoms with Crippen LogP contribution in [0.15, 0.2) is 36.4 Å². The minimum Gasteiger partial charge on any atom is -0.506 e. The summed E-state index contributed by atoms with van der Waals surface area (Å²) in [5.41, 5.74) is 0.550. The molecule has 0 aromatic heterocycles. The third-order valence-corrected chi connectivity index (χ3v) is 9.31. The zero-order valence-corrected chi connectivity index (χ0v) is 26.0. The van der Waals surface area contributed by atoms with Gasteiger partial charge in [0.05, 0.1) is 10.6 Å². The standard InChI is InChI=1S/C31H38ClF3N6O4/c1-38(2)21-7-11-39(12-8-21)28(43)26(17-19-15-23(31(33,34)35)27(42)24(32)16-19)37-29(44)40-13-9-22(10-14-40)41-18-20-5-3-4-6-25(20)36-30(41)45/h3-6,15-16,21-22,26,42H,7-14,17-18H2,1-2H3,(H,36,45)(H,37,44). The second kappa shape index (κ2) is 13.3. The maximum atomic E-state index is 13.7. The number of nitrogens with zero attached hydrogens (tertiary/aromatic N) is 4. The maximum absolute atomic E-state index is 13.7. The molecular weight excluding hydrogens is 613 g/mol. The monoisotopic (exact) mass is 650 g/mol. The third-order valence-electron chi connectivity index (χ3n) is 9.02. The van der Waals surface area contributed by atoms with Gasteiger partial charge in [-0.15, -0.1) is 0 Å². The topological polar surface area (TPSA) is 108 Å². The summed E-state index contributed by atoms with van der Waals surface area (Å²) in [6.07, 6.45) is -2.59. The van der Waals surface area contributed by atoms with E-state index in [4.69, 9.17) is 11.6 Å². The predicted octanol–water partition coefficient (Wildman–Crippen LogP) is 4.75. The largest absolute Gasteiger partial charge is 0.506 e. The Morgan fingerprint density at radius 3 is 2.36 bits per heavy atom. The van der Waals surface area contributed by atoms with E-state index in [9.17, 15) is 32.7 Å². The van der Waals surface area contributed by atoms with Crippen molar-refractivity contribution < 1.29 is 32.7 Å². The molecule has 0 spiro atoms. The van der Waals surface area contributed by atoms with Gasteiger partial charge in [-0.05, 0) is 69.1 Å². The van der Waals surface area contributed by atoms with Crippen LogP contribution in [0.3, 0.4) is 0 Å². The van der Waals surface area contributed by atoms with Crippen molar-refractivity contribution in [3.8, 4) is 5.75 Å². The number of rotatable bonds is 6. The van der Waals surface area contributed by atoms with Crippen LogP contribution in [0.1, 0.15) is 42.4 Å². The number of para-hydroxylation sites is 1. The summed E-state index contributed by atoms with van der Waals surface area (Å²) >= 11 is 5.95. The quantitative estimate of drug-likeness (QED) is 0.418. The smallest absolute Gasteiger partial charge is 0.420 e. The second-order valence-electron chi connectivity index (χ2n) is 12.1. The number of alkyl halides is 3. The van der Waals surface area contributed by atoms with E-state index in [-0.39, 0.29) is 24.1 Å². The first-order valence-corrected chi connectivity index (χ1v) is 15.4. The first kappa shape index (κ1) is 32.7. The summed E-state index contributed by atoms with van der Waals surface area (Å²) in [7, 11) is 3.94. The molecule has 3 heterocycles. The summed E-state index contributed by atoms with van der Waals surface area (Å²) in [6.45, 7) is 2.03. The van der Waals surface area contributed by atoms with Crippen molar-refractivity contribution in [1.29, 1.82) is 0 Å². The predicted molar refractivity (Wildman–Crippen MR) is 163 cm³/mol. The molecule has 45 heavy (non-hydrogen) atoms. The van der Waals surface area contributed by atoms with Gasteiger partial charge in [0.15, 0.2) is 0 Å². The molecule has 0 radical (unpaired) electrons. The molecule has 3 aliphatic heterocycles. The molecule has 2 fully saturated rings. The molecule has 1 unspecified atom stereocenters. The fourth-order valence-electron chi connectivity index (χ4n) is 6.39. The molecule has 0 aliphatic carbocycles. The van der Waals surface area contributed by atoms with E-state index < -0.39 is 40.5 Å². The molecule has 244 valence electrons. The summed E-state index contributed by atoms with van der Waals surface area (Å²) in [4.78, 5) is 47.1. The highest BCUT2D eigenvalue weighted by Gasteiger charge is 2.38. The number of carbonyl (C=O) groups is 3. The zero-order chi connectivity index (χ0) is 32.5. The van der Waals surface area contributed by atoms with Gasteiger partial charge in [0.25, 0.3) is 0 Å². The van der Waals surface area contributed by atoms with Gasteiger partial charge in [-0.1, -0.05) is 29.8 Å². The van der Waals surface area contributed by atoms with E-state index in [1.807, 2.05) is 38.4 Å². The Bertz CT molecular complexity index is 1420. The molecule has 0 saturated carbocycles. The van der Waals surface area contributed by atoms with Crippen LogP contribution in [0.25, 0.3) is 0 Å². The number of carbonyl (C=O) groups excluding carboxylic acids is 3. The van der Waals surface area contributed by atoms with Gasteiger partial charge in [0, 0.05) is 56.9 Å².